The van der Waals surface area contributed by atoms with Gasteiger partial charge in [-0.2, -0.15) is 18.4 Å². The SMILES string of the molecule is N#Cc1ccc(C(CCN2CCC3(CC2)CNC(=O)O3)Oc2cccc(C(F)(F)F)c2)cc1. The number of likely N-dealkylation sites (tertiary alicyclic amines) is 1. The number of alkyl halides is 3. The molecule has 1 atom stereocenters. The summed E-state index contributed by atoms with van der Waals surface area (Å²) in [6, 6.07) is 13.8. The summed E-state index contributed by atoms with van der Waals surface area (Å²) in [6.45, 7) is 2.69. The van der Waals surface area contributed by atoms with E-state index in [4.69, 9.17) is 14.7 Å². The van der Waals surface area contributed by atoms with E-state index in [0.717, 1.165) is 43.6 Å². The van der Waals surface area contributed by atoms with Gasteiger partial charge in [-0.1, -0.05) is 18.2 Å². The maximum atomic E-state index is 13.1. The first kappa shape index (κ1) is 22.9. The van der Waals surface area contributed by atoms with Gasteiger partial charge in [0, 0.05) is 38.9 Å². The number of nitrogens with one attached hydrogen (secondary N) is 1. The highest BCUT2D eigenvalue weighted by atomic mass is 19.4. The second-order valence-corrected chi connectivity index (χ2v) is 8.42. The molecule has 1 unspecified atom stereocenters. The van der Waals surface area contributed by atoms with Gasteiger partial charge in [0.15, 0.2) is 0 Å². The Balaban J connectivity index is 1.44. The van der Waals surface area contributed by atoms with Gasteiger partial charge >= 0.3 is 12.3 Å². The lowest BCUT2D eigenvalue weighted by Crippen LogP contribution is -2.47. The molecule has 0 saturated carbocycles. The number of alkyl carbamates (subject to hydrolysis) is 1. The highest BCUT2D eigenvalue weighted by Crippen LogP contribution is 2.34. The van der Waals surface area contributed by atoms with Crippen molar-refractivity contribution in [3.8, 4) is 11.8 Å². The van der Waals surface area contributed by atoms with Crippen molar-refractivity contribution in [2.45, 2.75) is 37.1 Å². The zero-order valence-electron chi connectivity index (χ0n) is 17.9. The van der Waals surface area contributed by atoms with E-state index in [-0.39, 0.29) is 11.8 Å². The third-order valence-corrected chi connectivity index (χ3v) is 6.19. The van der Waals surface area contributed by atoms with Crippen LogP contribution in [0.3, 0.4) is 0 Å². The Morgan fingerprint density at radius 3 is 2.52 bits per heavy atom. The van der Waals surface area contributed by atoms with E-state index in [1.54, 1.807) is 24.3 Å². The smallest absolute Gasteiger partial charge is 0.416 e. The van der Waals surface area contributed by atoms with Crippen LogP contribution in [0.2, 0.25) is 0 Å². The largest absolute Gasteiger partial charge is 0.486 e. The molecular formula is C24H24F3N3O3. The minimum absolute atomic E-state index is 0.140. The van der Waals surface area contributed by atoms with Gasteiger partial charge in [0.1, 0.15) is 17.5 Å². The first-order valence-corrected chi connectivity index (χ1v) is 10.8. The molecule has 2 aliphatic rings. The first-order chi connectivity index (χ1) is 15.8. The number of nitriles is 1. The van der Waals surface area contributed by atoms with Crippen LogP contribution in [0.25, 0.3) is 0 Å². The van der Waals surface area contributed by atoms with Crippen molar-refractivity contribution in [3.63, 3.8) is 0 Å². The summed E-state index contributed by atoms with van der Waals surface area (Å²) in [5.74, 6) is 0.140. The quantitative estimate of drug-likeness (QED) is 0.680. The zero-order valence-corrected chi connectivity index (χ0v) is 17.9. The van der Waals surface area contributed by atoms with E-state index in [2.05, 4.69) is 16.3 Å². The molecule has 4 rings (SSSR count). The van der Waals surface area contributed by atoms with E-state index in [1.807, 2.05) is 0 Å². The van der Waals surface area contributed by atoms with Crippen molar-refractivity contribution >= 4 is 6.09 Å². The van der Waals surface area contributed by atoms with Gasteiger partial charge in [-0.15, -0.1) is 0 Å². The fraction of sp³-hybridized carbons (Fsp3) is 0.417. The summed E-state index contributed by atoms with van der Waals surface area (Å²) < 4.78 is 50.8. The Kier molecular flexibility index (Phi) is 6.47. The number of piperidine rings is 1. The monoisotopic (exact) mass is 459 g/mol. The molecule has 0 radical (unpaired) electrons. The molecule has 2 aromatic carbocycles. The zero-order chi connectivity index (χ0) is 23.5. The predicted molar refractivity (Wildman–Crippen MR) is 113 cm³/mol. The number of nitrogens with zero attached hydrogens (tertiary/aromatic N) is 2. The molecule has 2 aliphatic heterocycles. The van der Waals surface area contributed by atoms with Crippen molar-refractivity contribution in [1.82, 2.24) is 10.2 Å². The fourth-order valence-electron chi connectivity index (χ4n) is 4.24. The van der Waals surface area contributed by atoms with Gasteiger partial charge in [0.25, 0.3) is 0 Å². The van der Waals surface area contributed by atoms with Crippen molar-refractivity contribution < 1.29 is 27.4 Å². The second kappa shape index (κ2) is 9.32. The normalized spacial score (nSPS) is 18.9. The number of amides is 1. The van der Waals surface area contributed by atoms with Gasteiger partial charge in [0.2, 0.25) is 0 Å². The Bertz CT molecular complexity index is 1030. The van der Waals surface area contributed by atoms with Crippen LogP contribution in [0.15, 0.2) is 48.5 Å². The van der Waals surface area contributed by atoms with Gasteiger partial charge in [-0.3, -0.25) is 0 Å². The van der Waals surface area contributed by atoms with Crippen molar-refractivity contribution in [2.24, 2.45) is 0 Å². The number of hydrogen-bond donors (Lipinski definition) is 1. The number of benzene rings is 2. The molecule has 2 fully saturated rings. The average molecular weight is 459 g/mol. The number of carbonyl (C=O) groups excluding carboxylic acids is 1. The summed E-state index contributed by atoms with van der Waals surface area (Å²) in [5, 5.41) is 11.8. The molecule has 33 heavy (non-hydrogen) atoms. The maximum Gasteiger partial charge on any atom is 0.416 e. The predicted octanol–water partition coefficient (Wildman–Crippen LogP) is 4.66. The molecule has 2 saturated heterocycles. The standard InChI is InChI=1S/C24H24F3N3O3/c25-24(26,27)19-2-1-3-20(14-19)32-21(18-6-4-17(15-28)5-7-18)8-11-30-12-9-23(10-13-30)16-29-22(31)33-23/h1-7,14,21H,8-13,16H2,(H,29,31). The van der Waals surface area contributed by atoms with Crippen LogP contribution in [-0.2, 0) is 10.9 Å². The lowest BCUT2D eigenvalue weighted by Gasteiger charge is -2.37. The maximum absolute atomic E-state index is 13.1. The molecule has 0 aromatic heterocycles. The summed E-state index contributed by atoms with van der Waals surface area (Å²) in [5.41, 5.74) is 0.0836. The molecule has 2 aromatic rings. The average Bonchev–Trinajstić information content (AvgIpc) is 3.17. The summed E-state index contributed by atoms with van der Waals surface area (Å²) in [4.78, 5) is 13.7. The van der Waals surface area contributed by atoms with E-state index in [0.29, 0.717) is 25.1 Å². The van der Waals surface area contributed by atoms with Crippen LogP contribution >= 0.6 is 0 Å². The second-order valence-electron chi connectivity index (χ2n) is 8.42. The molecule has 9 heteroatoms. The molecule has 6 nitrogen and oxygen atoms in total. The lowest BCUT2D eigenvalue weighted by atomic mass is 9.91. The van der Waals surface area contributed by atoms with Gasteiger partial charge < -0.3 is 19.7 Å². The van der Waals surface area contributed by atoms with Crippen LogP contribution in [0.4, 0.5) is 18.0 Å². The number of carbonyl (C=O) groups is 1. The molecule has 1 spiro atoms. The molecule has 0 aliphatic carbocycles. The number of rotatable bonds is 6. The first-order valence-electron chi connectivity index (χ1n) is 10.8. The number of halogens is 3. The van der Waals surface area contributed by atoms with Gasteiger partial charge in [-0.25, -0.2) is 4.79 Å². The van der Waals surface area contributed by atoms with Crippen molar-refractivity contribution in [2.75, 3.05) is 26.2 Å². The van der Waals surface area contributed by atoms with Crippen LogP contribution in [0, 0.1) is 11.3 Å². The minimum Gasteiger partial charge on any atom is -0.486 e. The molecule has 0 bridgehead atoms. The van der Waals surface area contributed by atoms with Gasteiger partial charge in [0.05, 0.1) is 23.7 Å². The number of ether oxygens (including phenoxy) is 2. The Labute approximate surface area is 189 Å². The molecule has 1 amide bonds. The van der Waals surface area contributed by atoms with Crippen LogP contribution < -0.4 is 10.1 Å². The Morgan fingerprint density at radius 2 is 1.91 bits per heavy atom. The van der Waals surface area contributed by atoms with E-state index >= 15 is 0 Å². The summed E-state index contributed by atoms with van der Waals surface area (Å²) in [6.07, 6.45) is -3.32. The Morgan fingerprint density at radius 1 is 1.18 bits per heavy atom. The van der Waals surface area contributed by atoms with Crippen molar-refractivity contribution in [1.29, 1.82) is 5.26 Å². The van der Waals surface area contributed by atoms with Crippen LogP contribution in [0.1, 0.15) is 42.1 Å². The third-order valence-electron chi connectivity index (χ3n) is 6.19. The van der Waals surface area contributed by atoms with E-state index in [9.17, 15) is 18.0 Å². The third kappa shape index (κ3) is 5.57. The summed E-state index contributed by atoms with van der Waals surface area (Å²) >= 11 is 0. The molecule has 174 valence electrons. The van der Waals surface area contributed by atoms with Crippen molar-refractivity contribution in [3.05, 3.63) is 65.2 Å². The van der Waals surface area contributed by atoms with E-state index in [1.165, 1.54) is 12.1 Å². The highest BCUT2D eigenvalue weighted by Gasteiger charge is 2.42. The number of hydrogen-bond acceptors (Lipinski definition) is 5. The molecule has 1 N–H and O–H groups in total. The molecular weight excluding hydrogens is 435 g/mol. The van der Waals surface area contributed by atoms with Gasteiger partial charge in [-0.05, 0) is 35.9 Å². The van der Waals surface area contributed by atoms with Crippen LogP contribution in [-0.4, -0.2) is 42.8 Å². The Hall–Kier alpha value is -3.25. The summed E-state index contributed by atoms with van der Waals surface area (Å²) in [7, 11) is 0. The molecule has 2 heterocycles. The lowest BCUT2D eigenvalue weighted by molar-refractivity contribution is -0.137. The highest BCUT2D eigenvalue weighted by molar-refractivity contribution is 5.70. The van der Waals surface area contributed by atoms with E-state index < -0.39 is 23.4 Å². The minimum atomic E-state index is -4.45. The topological polar surface area (TPSA) is 74.6 Å². The van der Waals surface area contributed by atoms with Crippen LogP contribution in [0.5, 0.6) is 5.75 Å². The fourth-order valence-corrected chi connectivity index (χ4v) is 4.24.